The molecule has 1 amide bonds. The van der Waals surface area contributed by atoms with E-state index in [4.69, 9.17) is 0 Å². The number of nitrogens with zero attached hydrogens (tertiary/aromatic N) is 2. The predicted octanol–water partition coefficient (Wildman–Crippen LogP) is 1.50. The highest BCUT2D eigenvalue weighted by Crippen LogP contribution is 2.19. The maximum absolute atomic E-state index is 11.5. The number of fused-ring (bicyclic) bond motifs is 1. The average molecular weight is 222 g/mol. The first-order chi connectivity index (χ1) is 7.83. The van der Waals surface area contributed by atoms with E-state index in [0.717, 1.165) is 18.8 Å². The molecule has 2 heterocycles. The Balaban J connectivity index is 1.93. The van der Waals surface area contributed by atoms with Gasteiger partial charge in [0.05, 0.1) is 13.0 Å². The summed E-state index contributed by atoms with van der Waals surface area (Å²) in [7, 11) is 0. The van der Waals surface area contributed by atoms with Gasteiger partial charge < -0.3 is 15.2 Å². The van der Waals surface area contributed by atoms with E-state index in [1.807, 2.05) is 0 Å². The van der Waals surface area contributed by atoms with E-state index in [0.29, 0.717) is 12.4 Å². The molecule has 0 atom stereocenters. The average Bonchev–Trinajstić information content (AvgIpc) is 2.77. The summed E-state index contributed by atoms with van der Waals surface area (Å²) in [5.41, 5.74) is 0.585. The third-order valence-electron chi connectivity index (χ3n) is 2.86. The molecule has 0 saturated heterocycles. The van der Waals surface area contributed by atoms with Crippen LogP contribution in [0.2, 0.25) is 0 Å². The number of carbonyl (C=O) groups is 1. The number of aromatic amines is 1. The number of hydrogen-bond acceptors (Lipinski definition) is 3. The Bertz CT molecular complexity index is 361. The number of carbonyl (C=O) groups excluding carboxylic acids is 1. The minimum Gasteiger partial charge on any atom is -0.339 e. The van der Waals surface area contributed by atoms with Crippen molar-refractivity contribution in [3.05, 3.63) is 12.0 Å². The van der Waals surface area contributed by atoms with E-state index in [2.05, 4.69) is 27.1 Å². The molecule has 1 aromatic heterocycles. The summed E-state index contributed by atoms with van der Waals surface area (Å²) in [5.74, 6) is 0.734. The summed E-state index contributed by atoms with van der Waals surface area (Å²) in [6, 6.07) is 0. The molecular weight excluding hydrogens is 204 g/mol. The van der Waals surface area contributed by atoms with E-state index in [1.54, 1.807) is 6.33 Å². The summed E-state index contributed by atoms with van der Waals surface area (Å²) in [6.45, 7) is 3.73. The Hall–Kier alpha value is -1.52. The van der Waals surface area contributed by atoms with E-state index in [1.165, 1.54) is 19.3 Å². The minimum absolute atomic E-state index is 0.0580. The molecule has 0 bridgehead atoms. The third kappa shape index (κ3) is 2.18. The lowest BCUT2D eigenvalue weighted by atomic mass is 10.2. The second-order valence-electron chi connectivity index (χ2n) is 4.09. The summed E-state index contributed by atoms with van der Waals surface area (Å²) >= 11 is 0. The van der Waals surface area contributed by atoms with Crippen molar-refractivity contribution in [3.8, 4) is 0 Å². The minimum atomic E-state index is -0.0580. The first-order valence-electron chi connectivity index (χ1n) is 5.89. The van der Waals surface area contributed by atoms with Gasteiger partial charge >= 0.3 is 0 Å². The normalized spacial score (nSPS) is 14.8. The van der Waals surface area contributed by atoms with Crippen molar-refractivity contribution >= 4 is 11.7 Å². The number of unbranched alkanes of at least 4 members (excludes halogenated alkanes) is 3. The highest BCUT2D eigenvalue weighted by atomic mass is 16.2. The molecule has 0 saturated carbocycles. The van der Waals surface area contributed by atoms with Crippen LogP contribution in [-0.2, 0) is 0 Å². The molecule has 1 aliphatic rings. The Morgan fingerprint density at radius 1 is 1.44 bits per heavy atom. The Morgan fingerprint density at radius 2 is 2.31 bits per heavy atom. The van der Waals surface area contributed by atoms with Crippen molar-refractivity contribution in [3.63, 3.8) is 0 Å². The van der Waals surface area contributed by atoms with E-state index < -0.39 is 0 Å². The van der Waals surface area contributed by atoms with Gasteiger partial charge in [-0.3, -0.25) is 4.79 Å². The highest BCUT2D eigenvalue weighted by molar-refractivity contribution is 5.98. The quantitative estimate of drug-likeness (QED) is 0.742. The van der Waals surface area contributed by atoms with Crippen LogP contribution >= 0.6 is 0 Å². The van der Waals surface area contributed by atoms with Crippen LogP contribution < -0.4 is 10.2 Å². The summed E-state index contributed by atoms with van der Waals surface area (Å²) < 4.78 is 0. The number of anilines is 1. The zero-order chi connectivity index (χ0) is 11.4. The van der Waals surface area contributed by atoms with Crippen LogP contribution in [0, 0.1) is 0 Å². The number of rotatable bonds is 5. The van der Waals surface area contributed by atoms with Gasteiger partial charge in [-0.25, -0.2) is 4.98 Å². The van der Waals surface area contributed by atoms with Crippen LogP contribution in [0.3, 0.4) is 0 Å². The molecular formula is C11H18N4O. The highest BCUT2D eigenvalue weighted by Gasteiger charge is 2.24. The molecule has 1 aliphatic heterocycles. The number of aromatic nitrogens is 2. The van der Waals surface area contributed by atoms with Crippen molar-refractivity contribution in [1.29, 1.82) is 0 Å². The second-order valence-corrected chi connectivity index (χ2v) is 4.09. The number of hydrogen-bond donors (Lipinski definition) is 2. The smallest absolute Gasteiger partial charge is 0.272 e. The van der Waals surface area contributed by atoms with Gasteiger partial charge in [-0.2, -0.15) is 0 Å². The molecule has 0 radical (unpaired) electrons. The van der Waals surface area contributed by atoms with E-state index in [-0.39, 0.29) is 5.91 Å². The van der Waals surface area contributed by atoms with Gasteiger partial charge in [0.25, 0.3) is 5.91 Å². The van der Waals surface area contributed by atoms with Gasteiger partial charge in [-0.1, -0.05) is 26.2 Å². The molecule has 5 nitrogen and oxygen atoms in total. The maximum Gasteiger partial charge on any atom is 0.272 e. The van der Waals surface area contributed by atoms with Crippen molar-refractivity contribution in [2.45, 2.75) is 32.6 Å². The van der Waals surface area contributed by atoms with Crippen LogP contribution in [0.5, 0.6) is 0 Å². The van der Waals surface area contributed by atoms with E-state index in [9.17, 15) is 4.79 Å². The topological polar surface area (TPSA) is 61.0 Å². The number of H-pyrrole nitrogens is 1. The van der Waals surface area contributed by atoms with Crippen molar-refractivity contribution < 1.29 is 4.79 Å². The Morgan fingerprint density at radius 3 is 3.12 bits per heavy atom. The number of nitrogens with one attached hydrogen (secondary N) is 2. The lowest BCUT2D eigenvalue weighted by Crippen LogP contribution is -2.44. The second kappa shape index (κ2) is 5.01. The molecule has 16 heavy (non-hydrogen) atoms. The first-order valence-corrected chi connectivity index (χ1v) is 5.89. The van der Waals surface area contributed by atoms with Crippen LogP contribution in [-0.4, -0.2) is 29.1 Å². The van der Waals surface area contributed by atoms with Crippen molar-refractivity contribution in [1.82, 2.24) is 15.3 Å². The Kier molecular flexibility index (Phi) is 3.44. The van der Waals surface area contributed by atoms with Gasteiger partial charge in [0.2, 0.25) is 0 Å². The van der Waals surface area contributed by atoms with Crippen molar-refractivity contribution in [2.75, 3.05) is 18.1 Å². The molecule has 0 fully saturated rings. The van der Waals surface area contributed by atoms with Crippen LogP contribution in [0.1, 0.15) is 43.1 Å². The Labute approximate surface area is 95.2 Å². The summed E-state index contributed by atoms with van der Waals surface area (Å²) in [5, 5.41) is 2.83. The molecule has 2 rings (SSSR count). The molecule has 0 spiro atoms. The van der Waals surface area contributed by atoms with Crippen molar-refractivity contribution in [2.24, 2.45) is 0 Å². The lowest BCUT2D eigenvalue weighted by molar-refractivity contribution is 0.0943. The predicted molar refractivity (Wildman–Crippen MR) is 62.4 cm³/mol. The third-order valence-corrected chi connectivity index (χ3v) is 2.86. The zero-order valence-electron chi connectivity index (χ0n) is 9.62. The van der Waals surface area contributed by atoms with Gasteiger partial charge in [-0.15, -0.1) is 0 Å². The number of imidazole rings is 1. The monoisotopic (exact) mass is 222 g/mol. The van der Waals surface area contributed by atoms with Gasteiger partial charge in [-0.05, 0) is 6.42 Å². The fourth-order valence-corrected chi connectivity index (χ4v) is 1.94. The molecule has 5 heteroatoms. The van der Waals surface area contributed by atoms with Gasteiger partial charge in [0.1, 0.15) is 5.69 Å². The molecule has 1 aromatic rings. The van der Waals surface area contributed by atoms with E-state index >= 15 is 0 Å². The molecule has 0 aliphatic carbocycles. The molecule has 0 unspecified atom stereocenters. The lowest BCUT2D eigenvalue weighted by Gasteiger charge is -2.27. The maximum atomic E-state index is 11.5. The molecule has 2 N–H and O–H groups in total. The standard InChI is InChI=1S/C11H18N4O/c1-2-3-4-5-6-15-8-14-11(16)9-10(15)13-7-12-9/h7H,2-6,8H2,1H3,(H,12,13)(H,14,16). The molecule has 0 aromatic carbocycles. The molecule has 88 valence electrons. The first kappa shape index (κ1) is 11.0. The van der Waals surface area contributed by atoms with Crippen LogP contribution in [0.25, 0.3) is 0 Å². The number of amides is 1. The van der Waals surface area contributed by atoms with Crippen LogP contribution in [0.15, 0.2) is 6.33 Å². The SMILES string of the molecule is CCCCCCN1CNC(=O)c2[nH]cnc21. The van der Waals surface area contributed by atoms with Gasteiger partial charge in [0, 0.05) is 6.54 Å². The van der Waals surface area contributed by atoms with Gasteiger partial charge in [0.15, 0.2) is 5.82 Å². The van der Waals surface area contributed by atoms with Crippen LogP contribution in [0.4, 0.5) is 5.82 Å². The fraction of sp³-hybridized carbons (Fsp3) is 0.636. The fourth-order valence-electron chi connectivity index (χ4n) is 1.94. The largest absolute Gasteiger partial charge is 0.339 e. The zero-order valence-corrected chi connectivity index (χ0v) is 9.62. The summed E-state index contributed by atoms with van der Waals surface area (Å²) in [4.78, 5) is 20.6. The summed E-state index contributed by atoms with van der Waals surface area (Å²) in [6.07, 6.45) is 6.48.